The third-order valence-electron chi connectivity index (χ3n) is 1.40. The van der Waals surface area contributed by atoms with E-state index in [1.54, 1.807) is 34.8 Å². The molecule has 72 valence electrons. The van der Waals surface area contributed by atoms with E-state index in [-0.39, 0.29) is 5.88 Å². The minimum Gasteiger partial charge on any atom is -0.223 e. The van der Waals surface area contributed by atoms with E-state index in [1.165, 1.54) is 0 Å². The van der Waals surface area contributed by atoms with Crippen LogP contribution in [0.3, 0.4) is 0 Å². The highest BCUT2D eigenvalue weighted by atomic mass is 32.2. The summed E-state index contributed by atoms with van der Waals surface area (Å²) in [6.45, 7) is 0. The Morgan fingerprint density at radius 2 is 2.31 bits per heavy atom. The van der Waals surface area contributed by atoms with Gasteiger partial charge in [-0.15, -0.1) is 11.8 Å². The Kier molecular flexibility index (Phi) is 3.29. The molecule has 13 heavy (non-hydrogen) atoms. The molecule has 0 bridgehead atoms. The first-order valence-electron chi connectivity index (χ1n) is 3.55. The average molecular weight is 219 g/mol. The summed E-state index contributed by atoms with van der Waals surface area (Å²) in [5.74, 6) is -0.179. The lowest BCUT2D eigenvalue weighted by atomic mass is 10.5. The van der Waals surface area contributed by atoms with Crippen molar-refractivity contribution < 1.29 is 13.0 Å². The molecule has 4 nitrogen and oxygen atoms in total. The van der Waals surface area contributed by atoms with E-state index in [1.807, 2.05) is 12.3 Å². The molecule has 0 fully saturated rings. The molecule has 0 unspecified atom stereocenters. The molecular formula is C7H11N2O2S2+. The summed E-state index contributed by atoms with van der Waals surface area (Å²) in [5.41, 5.74) is 0. The smallest absolute Gasteiger partial charge is 0.223 e. The van der Waals surface area contributed by atoms with Crippen LogP contribution in [0.25, 0.3) is 0 Å². The summed E-state index contributed by atoms with van der Waals surface area (Å²) < 4.78 is 23.0. The number of nitrogens with two attached hydrogens (primary N) is 1. The first-order chi connectivity index (χ1) is 6.01. The molecule has 1 rings (SSSR count). The molecule has 1 heterocycles. The average Bonchev–Trinajstić information content (AvgIpc) is 2.01. The van der Waals surface area contributed by atoms with Gasteiger partial charge in [-0.2, -0.15) is 4.57 Å². The number of sulfonamides is 1. The fourth-order valence-electron chi connectivity index (χ4n) is 0.907. The normalized spacial score (nSPS) is 11.5. The molecule has 0 aliphatic rings. The molecule has 1 aromatic heterocycles. The van der Waals surface area contributed by atoms with Gasteiger partial charge in [-0.25, -0.2) is 13.6 Å². The SMILES string of the molecule is CSc1ccc[n+](CS(N)(=O)=O)c1. The molecule has 0 aliphatic heterocycles. The van der Waals surface area contributed by atoms with Gasteiger partial charge in [0.1, 0.15) is 0 Å². The van der Waals surface area contributed by atoms with Crippen LogP contribution in [-0.4, -0.2) is 14.7 Å². The maximum Gasteiger partial charge on any atom is 0.270 e. The molecule has 2 N–H and O–H groups in total. The van der Waals surface area contributed by atoms with Gasteiger partial charge in [0.2, 0.25) is 0 Å². The van der Waals surface area contributed by atoms with E-state index < -0.39 is 10.0 Å². The van der Waals surface area contributed by atoms with Crippen LogP contribution in [0.4, 0.5) is 0 Å². The molecule has 0 amide bonds. The molecule has 0 spiro atoms. The third kappa shape index (κ3) is 3.75. The van der Waals surface area contributed by atoms with Crippen LogP contribution in [0.2, 0.25) is 0 Å². The highest BCUT2D eigenvalue weighted by Gasteiger charge is 2.10. The van der Waals surface area contributed by atoms with Gasteiger partial charge in [0.05, 0.1) is 4.90 Å². The highest BCUT2D eigenvalue weighted by Crippen LogP contribution is 2.09. The van der Waals surface area contributed by atoms with Crippen molar-refractivity contribution in [3.8, 4) is 0 Å². The van der Waals surface area contributed by atoms with Crippen LogP contribution in [0.5, 0.6) is 0 Å². The minimum atomic E-state index is -3.45. The lowest BCUT2D eigenvalue weighted by Crippen LogP contribution is -2.39. The van der Waals surface area contributed by atoms with Crippen LogP contribution in [-0.2, 0) is 15.9 Å². The van der Waals surface area contributed by atoms with Crippen molar-refractivity contribution in [2.75, 3.05) is 6.26 Å². The van der Waals surface area contributed by atoms with E-state index in [9.17, 15) is 8.42 Å². The van der Waals surface area contributed by atoms with Crippen molar-refractivity contribution in [3.63, 3.8) is 0 Å². The number of nitrogens with zero attached hydrogens (tertiary/aromatic N) is 1. The predicted molar refractivity (Wildman–Crippen MR) is 51.5 cm³/mol. The molecule has 0 aromatic carbocycles. The monoisotopic (exact) mass is 219 g/mol. The van der Waals surface area contributed by atoms with Gasteiger partial charge in [0.15, 0.2) is 12.4 Å². The number of thioether (sulfide) groups is 1. The van der Waals surface area contributed by atoms with Gasteiger partial charge < -0.3 is 0 Å². The zero-order chi connectivity index (χ0) is 9.90. The van der Waals surface area contributed by atoms with Crippen LogP contribution in [0.15, 0.2) is 29.4 Å². The molecular weight excluding hydrogens is 208 g/mol. The first-order valence-corrected chi connectivity index (χ1v) is 6.49. The standard InChI is InChI=1S/C7H11N2O2S2/c1-12-7-3-2-4-9(5-7)6-13(8,10)11/h2-5H,6H2,1H3,(H2,8,10,11)/q+1. The summed E-state index contributed by atoms with van der Waals surface area (Å²) in [6, 6.07) is 3.70. The maximum absolute atomic E-state index is 10.8. The van der Waals surface area contributed by atoms with Gasteiger partial charge in [-0.1, -0.05) is 0 Å². The third-order valence-corrected chi connectivity index (χ3v) is 2.77. The number of primary sulfonamides is 1. The van der Waals surface area contributed by atoms with Gasteiger partial charge in [-0.05, 0) is 12.3 Å². The number of pyridine rings is 1. The zero-order valence-corrected chi connectivity index (χ0v) is 8.81. The lowest BCUT2D eigenvalue weighted by Gasteiger charge is -1.96. The summed E-state index contributed by atoms with van der Waals surface area (Å²) >= 11 is 1.55. The number of hydrogen-bond acceptors (Lipinski definition) is 3. The quantitative estimate of drug-likeness (QED) is 0.572. The Balaban J connectivity index is 2.90. The number of aromatic nitrogens is 1. The van der Waals surface area contributed by atoms with Crippen molar-refractivity contribution in [3.05, 3.63) is 24.5 Å². The van der Waals surface area contributed by atoms with Crippen molar-refractivity contribution in [1.82, 2.24) is 0 Å². The predicted octanol–water partition coefficient (Wildman–Crippen LogP) is -0.0580. The van der Waals surface area contributed by atoms with Crippen LogP contribution in [0, 0.1) is 0 Å². The molecule has 0 saturated carbocycles. The topological polar surface area (TPSA) is 64.0 Å². The first kappa shape index (κ1) is 10.5. The fourth-order valence-corrected chi connectivity index (χ4v) is 1.94. The van der Waals surface area contributed by atoms with E-state index in [0.29, 0.717) is 0 Å². The van der Waals surface area contributed by atoms with Crippen molar-refractivity contribution in [2.24, 2.45) is 5.14 Å². The number of rotatable bonds is 3. The molecule has 0 aliphatic carbocycles. The van der Waals surface area contributed by atoms with Crippen LogP contribution in [0.1, 0.15) is 0 Å². The van der Waals surface area contributed by atoms with E-state index >= 15 is 0 Å². The van der Waals surface area contributed by atoms with Crippen LogP contribution >= 0.6 is 11.8 Å². The molecule has 6 heteroatoms. The summed E-state index contributed by atoms with van der Waals surface area (Å²) in [6.07, 6.45) is 5.34. The van der Waals surface area contributed by atoms with E-state index in [0.717, 1.165) is 4.90 Å². The Labute approximate surface area is 81.8 Å². The van der Waals surface area contributed by atoms with Gasteiger partial charge in [-0.3, -0.25) is 0 Å². The molecule has 0 atom stereocenters. The van der Waals surface area contributed by atoms with Gasteiger partial charge in [0, 0.05) is 6.07 Å². The maximum atomic E-state index is 10.8. The second kappa shape index (κ2) is 4.08. The van der Waals surface area contributed by atoms with Gasteiger partial charge >= 0.3 is 0 Å². The lowest BCUT2D eigenvalue weighted by molar-refractivity contribution is -0.679. The number of hydrogen-bond donors (Lipinski definition) is 1. The molecule has 0 radical (unpaired) electrons. The van der Waals surface area contributed by atoms with Crippen molar-refractivity contribution in [2.45, 2.75) is 10.8 Å². The molecule has 0 saturated heterocycles. The Morgan fingerprint density at radius 1 is 1.62 bits per heavy atom. The van der Waals surface area contributed by atoms with E-state index in [4.69, 9.17) is 5.14 Å². The minimum absolute atomic E-state index is 0.179. The summed E-state index contributed by atoms with van der Waals surface area (Å²) in [7, 11) is -3.45. The fraction of sp³-hybridized carbons (Fsp3) is 0.286. The molecule has 1 aromatic rings. The zero-order valence-electron chi connectivity index (χ0n) is 7.17. The second-order valence-corrected chi connectivity index (χ2v) is 5.01. The second-order valence-electron chi connectivity index (χ2n) is 2.55. The Bertz CT molecular complexity index is 389. The highest BCUT2D eigenvalue weighted by molar-refractivity contribution is 7.98. The summed E-state index contributed by atoms with van der Waals surface area (Å²) in [4.78, 5) is 1.01. The Morgan fingerprint density at radius 3 is 2.85 bits per heavy atom. The Hall–Kier alpha value is -0.590. The van der Waals surface area contributed by atoms with Crippen molar-refractivity contribution >= 4 is 21.8 Å². The van der Waals surface area contributed by atoms with E-state index in [2.05, 4.69) is 0 Å². The van der Waals surface area contributed by atoms with Crippen LogP contribution < -0.4 is 9.71 Å². The van der Waals surface area contributed by atoms with Crippen molar-refractivity contribution in [1.29, 1.82) is 0 Å². The summed E-state index contributed by atoms with van der Waals surface area (Å²) in [5, 5.41) is 4.90. The van der Waals surface area contributed by atoms with Gasteiger partial charge in [0.25, 0.3) is 15.9 Å². The largest absolute Gasteiger partial charge is 0.270 e.